The lowest BCUT2D eigenvalue weighted by Crippen LogP contribution is -2.35. The first kappa shape index (κ1) is 21.3. The molecule has 0 unspecified atom stereocenters. The molecule has 0 aromatic heterocycles. The van der Waals surface area contributed by atoms with Crippen molar-refractivity contribution in [2.24, 2.45) is 0 Å². The quantitative estimate of drug-likeness (QED) is 0.653. The molecule has 1 aliphatic rings. The predicted molar refractivity (Wildman–Crippen MR) is 109 cm³/mol. The maximum absolute atomic E-state index is 12.3. The van der Waals surface area contributed by atoms with Crippen molar-refractivity contribution in [1.29, 1.82) is 0 Å². The Bertz CT molecular complexity index is 787. The summed E-state index contributed by atoms with van der Waals surface area (Å²) in [4.78, 5) is 12.2. The molecule has 150 valence electrons. The fourth-order valence-corrected chi connectivity index (χ4v) is 4.17. The van der Waals surface area contributed by atoms with E-state index >= 15 is 0 Å². The number of aryl methyl sites for hydroxylation is 1. The summed E-state index contributed by atoms with van der Waals surface area (Å²) in [6, 6.07) is 5.35. The van der Waals surface area contributed by atoms with Crippen molar-refractivity contribution in [3.8, 4) is 5.75 Å². The molecule has 1 amide bonds. The van der Waals surface area contributed by atoms with Crippen LogP contribution in [0.5, 0.6) is 5.75 Å². The summed E-state index contributed by atoms with van der Waals surface area (Å²) in [5.41, 5.74) is 2.79. The number of anilines is 1. The van der Waals surface area contributed by atoms with Crippen LogP contribution in [0, 0.1) is 6.92 Å². The van der Waals surface area contributed by atoms with Gasteiger partial charge in [0.25, 0.3) is 0 Å². The largest absolute Gasteiger partial charge is 0.495 e. The Morgan fingerprint density at radius 2 is 2.07 bits per heavy atom. The second kappa shape index (κ2) is 9.78. The third-order valence-corrected chi connectivity index (χ3v) is 5.88. The normalized spacial score (nSPS) is 14.4. The number of nitrogens with zero attached hydrogens (tertiary/aromatic N) is 1. The molecule has 0 bridgehead atoms. The molecule has 27 heavy (non-hydrogen) atoms. The van der Waals surface area contributed by atoms with E-state index in [4.69, 9.17) is 4.74 Å². The van der Waals surface area contributed by atoms with Crippen LogP contribution in [0.2, 0.25) is 0 Å². The summed E-state index contributed by atoms with van der Waals surface area (Å²) in [7, 11) is -2.04. The van der Waals surface area contributed by atoms with Crippen molar-refractivity contribution in [1.82, 2.24) is 5.32 Å². The summed E-state index contributed by atoms with van der Waals surface area (Å²) in [5.74, 6) is 0.322. The van der Waals surface area contributed by atoms with Crippen LogP contribution in [-0.2, 0) is 14.8 Å². The van der Waals surface area contributed by atoms with E-state index in [9.17, 15) is 13.2 Å². The molecule has 0 heterocycles. The van der Waals surface area contributed by atoms with Crippen LogP contribution in [0.25, 0.3) is 0 Å². The number of benzene rings is 1. The molecule has 7 heteroatoms. The standard InChI is InChI=1S/C20H30N2O4S/c1-16-9-10-19(26-2)18(15-16)22(27(3,24)25)14-12-20(23)21-13-11-17-7-5-4-6-8-17/h7,9-10,15H,4-6,8,11-14H2,1-3H3,(H,21,23). The number of rotatable bonds is 9. The van der Waals surface area contributed by atoms with Crippen LogP contribution in [0.4, 0.5) is 5.69 Å². The third-order valence-electron chi connectivity index (χ3n) is 4.70. The van der Waals surface area contributed by atoms with Gasteiger partial charge < -0.3 is 10.1 Å². The molecule has 0 saturated carbocycles. The molecule has 0 spiro atoms. The van der Waals surface area contributed by atoms with Gasteiger partial charge in [-0.25, -0.2) is 8.42 Å². The van der Waals surface area contributed by atoms with Gasteiger partial charge in [-0.05, 0) is 56.7 Å². The monoisotopic (exact) mass is 394 g/mol. The Morgan fingerprint density at radius 3 is 2.70 bits per heavy atom. The van der Waals surface area contributed by atoms with Gasteiger partial charge in [-0.15, -0.1) is 0 Å². The summed E-state index contributed by atoms with van der Waals surface area (Å²) in [5, 5.41) is 2.90. The number of methoxy groups -OCH3 is 1. The summed E-state index contributed by atoms with van der Waals surface area (Å²) < 4.78 is 31.1. The van der Waals surface area contributed by atoms with E-state index in [0.29, 0.717) is 18.0 Å². The average molecular weight is 395 g/mol. The highest BCUT2D eigenvalue weighted by molar-refractivity contribution is 7.92. The fourth-order valence-electron chi connectivity index (χ4n) is 3.25. The first-order valence-electron chi connectivity index (χ1n) is 9.38. The van der Waals surface area contributed by atoms with E-state index in [1.54, 1.807) is 12.1 Å². The van der Waals surface area contributed by atoms with Gasteiger partial charge in [-0.3, -0.25) is 9.10 Å². The molecule has 0 saturated heterocycles. The van der Waals surface area contributed by atoms with Gasteiger partial charge in [0, 0.05) is 19.5 Å². The van der Waals surface area contributed by atoms with Gasteiger partial charge in [0.05, 0.1) is 19.1 Å². The van der Waals surface area contributed by atoms with Crippen LogP contribution in [-0.4, -0.2) is 40.8 Å². The number of amides is 1. The molecule has 1 aliphatic carbocycles. The Balaban J connectivity index is 1.96. The summed E-state index contributed by atoms with van der Waals surface area (Å²) in [6.07, 6.45) is 9.10. The number of sulfonamides is 1. The predicted octanol–water partition coefficient (Wildman–Crippen LogP) is 3.17. The Hall–Kier alpha value is -2.02. The highest BCUT2D eigenvalue weighted by Crippen LogP contribution is 2.31. The number of nitrogens with one attached hydrogen (secondary N) is 1. The van der Waals surface area contributed by atoms with E-state index in [0.717, 1.165) is 31.1 Å². The van der Waals surface area contributed by atoms with Gasteiger partial charge in [0.15, 0.2) is 0 Å². The molecule has 1 N–H and O–H groups in total. The van der Waals surface area contributed by atoms with E-state index in [2.05, 4.69) is 11.4 Å². The molecule has 0 radical (unpaired) electrons. The minimum Gasteiger partial charge on any atom is -0.495 e. The van der Waals surface area contributed by atoms with Crippen LogP contribution in [0.3, 0.4) is 0 Å². The smallest absolute Gasteiger partial charge is 0.232 e. The Labute approximate surface area is 162 Å². The molecule has 0 fully saturated rings. The number of carbonyl (C=O) groups is 1. The second-order valence-electron chi connectivity index (χ2n) is 6.97. The number of allylic oxidation sites excluding steroid dienone is 1. The number of hydrogen-bond donors (Lipinski definition) is 1. The molecular formula is C20H30N2O4S. The topological polar surface area (TPSA) is 75.7 Å². The summed E-state index contributed by atoms with van der Waals surface area (Å²) >= 11 is 0. The number of ether oxygens (including phenoxy) is 1. The lowest BCUT2D eigenvalue weighted by atomic mass is 9.97. The zero-order valence-electron chi connectivity index (χ0n) is 16.5. The molecule has 2 rings (SSSR count). The highest BCUT2D eigenvalue weighted by Gasteiger charge is 2.22. The molecular weight excluding hydrogens is 364 g/mol. The Morgan fingerprint density at radius 1 is 1.30 bits per heavy atom. The van der Waals surface area contributed by atoms with Crippen molar-refractivity contribution < 1.29 is 17.9 Å². The van der Waals surface area contributed by atoms with Crippen LogP contribution >= 0.6 is 0 Å². The molecule has 1 aromatic rings. The van der Waals surface area contributed by atoms with Gasteiger partial charge in [-0.1, -0.05) is 17.7 Å². The van der Waals surface area contributed by atoms with Crippen LogP contribution < -0.4 is 14.4 Å². The van der Waals surface area contributed by atoms with Crippen LogP contribution in [0.15, 0.2) is 29.8 Å². The Kier molecular flexibility index (Phi) is 7.71. The lowest BCUT2D eigenvalue weighted by molar-refractivity contribution is -0.120. The SMILES string of the molecule is COc1ccc(C)cc1N(CCC(=O)NCCC1=CCCCC1)S(C)(=O)=O. The zero-order valence-corrected chi connectivity index (χ0v) is 17.3. The number of carbonyl (C=O) groups excluding carboxylic acids is 1. The van der Waals surface area contributed by atoms with Crippen molar-refractivity contribution in [2.75, 3.05) is 30.8 Å². The van der Waals surface area contributed by atoms with Crippen molar-refractivity contribution in [2.45, 2.75) is 45.4 Å². The van der Waals surface area contributed by atoms with E-state index in [1.807, 2.05) is 13.0 Å². The van der Waals surface area contributed by atoms with Crippen LogP contribution in [0.1, 0.15) is 44.1 Å². The maximum Gasteiger partial charge on any atom is 0.232 e. The maximum atomic E-state index is 12.3. The van der Waals surface area contributed by atoms with Crippen molar-refractivity contribution >= 4 is 21.6 Å². The van der Waals surface area contributed by atoms with Gasteiger partial charge in [0.1, 0.15) is 5.75 Å². The molecule has 6 nitrogen and oxygen atoms in total. The van der Waals surface area contributed by atoms with Gasteiger partial charge >= 0.3 is 0 Å². The molecule has 1 aromatic carbocycles. The second-order valence-corrected chi connectivity index (χ2v) is 8.88. The first-order chi connectivity index (χ1) is 12.8. The molecule has 0 aliphatic heterocycles. The minimum absolute atomic E-state index is 0.0766. The van der Waals surface area contributed by atoms with E-state index < -0.39 is 10.0 Å². The van der Waals surface area contributed by atoms with Crippen molar-refractivity contribution in [3.63, 3.8) is 0 Å². The van der Waals surface area contributed by atoms with E-state index in [-0.39, 0.29) is 18.9 Å². The zero-order chi connectivity index (χ0) is 19.9. The van der Waals surface area contributed by atoms with E-state index in [1.165, 1.54) is 29.8 Å². The highest BCUT2D eigenvalue weighted by atomic mass is 32.2. The number of hydrogen-bond acceptors (Lipinski definition) is 4. The first-order valence-corrected chi connectivity index (χ1v) is 11.2. The average Bonchev–Trinajstić information content (AvgIpc) is 2.62. The van der Waals surface area contributed by atoms with Gasteiger partial charge in [0.2, 0.25) is 15.9 Å². The minimum atomic E-state index is -3.54. The summed E-state index contributed by atoms with van der Waals surface area (Å²) in [6.45, 7) is 2.56. The fraction of sp³-hybridized carbons (Fsp3) is 0.550. The third kappa shape index (κ3) is 6.57. The van der Waals surface area contributed by atoms with Gasteiger partial charge in [-0.2, -0.15) is 0 Å². The lowest BCUT2D eigenvalue weighted by Gasteiger charge is -2.24. The van der Waals surface area contributed by atoms with Crippen molar-refractivity contribution in [3.05, 3.63) is 35.4 Å². The molecule has 0 atom stereocenters.